The molecular weight excluding hydrogens is 172 g/mol. The summed E-state index contributed by atoms with van der Waals surface area (Å²) in [5.41, 5.74) is 1.11. The van der Waals surface area contributed by atoms with E-state index in [0.717, 1.165) is 23.8 Å². The van der Waals surface area contributed by atoms with Crippen molar-refractivity contribution < 1.29 is 4.74 Å². The Kier molecular flexibility index (Phi) is 4.21. The number of methoxy groups -OCH3 is 1. The number of aromatic nitrogens is 1. The number of hydrogen-bond donors (Lipinski definition) is 1. The average Bonchev–Trinajstić information content (AvgIpc) is 2.50. The Morgan fingerprint density at radius 3 is 3.17 bits per heavy atom. The number of ether oxygens (including phenoxy) is 1. The molecule has 12 heavy (non-hydrogen) atoms. The molecule has 0 bridgehead atoms. The van der Waals surface area contributed by atoms with Crippen LogP contribution in [0.3, 0.4) is 0 Å². The molecule has 0 saturated carbocycles. The molecule has 0 fully saturated rings. The van der Waals surface area contributed by atoms with Gasteiger partial charge in [-0.1, -0.05) is 6.92 Å². The fourth-order valence-corrected chi connectivity index (χ4v) is 1.64. The van der Waals surface area contributed by atoms with E-state index in [4.69, 9.17) is 4.74 Å². The molecule has 0 aromatic carbocycles. The first kappa shape index (κ1) is 9.64. The van der Waals surface area contributed by atoms with E-state index in [1.807, 2.05) is 0 Å². The summed E-state index contributed by atoms with van der Waals surface area (Å²) in [5.74, 6) is 0. The minimum Gasteiger partial charge on any atom is -0.378 e. The highest BCUT2D eigenvalue weighted by Gasteiger charge is 1.99. The Morgan fingerprint density at radius 2 is 2.50 bits per heavy atom. The molecule has 0 radical (unpaired) electrons. The predicted octanol–water partition coefficient (Wildman–Crippen LogP) is 1.40. The van der Waals surface area contributed by atoms with Crippen molar-refractivity contribution in [1.82, 2.24) is 10.3 Å². The van der Waals surface area contributed by atoms with Crippen LogP contribution in [0.5, 0.6) is 0 Å². The smallest absolute Gasteiger partial charge is 0.119 e. The third-order valence-electron chi connectivity index (χ3n) is 1.42. The molecule has 68 valence electrons. The van der Waals surface area contributed by atoms with Gasteiger partial charge < -0.3 is 10.1 Å². The van der Waals surface area contributed by atoms with Crippen LogP contribution in [-0.4, -0.2) is 18.6 Å². The van der Waals surface area contributed by atoms with Crippen LogP contribution in [-0.2, 0) is 17.9 Å². The number of nitrogens with one attached hydrogen (secondary N) is 1. The van der Waals surface area contributed by atoms with Crippen molar-refractivity contribution in [2.45, 2.75) is 20.1 Å². The number of rotatable bonds is 5. The minimum atomic E-state index is 0.622. The Hall–Kier alpha value is -0.450. The summed E-state index contributed by atoms with van der Waals surface area (Å²) in [6.45, 7) is 4.55. The van der Waals surface area contributed by atoms with E-state index in [2.05, 4.69) is 22.6 Å². The van der Waals surface area contributed by atoms with Crippen molar-refractivity contribution in [3.05, 3.63) is 16.1 Å². The molecule has 4 heteroatoms. The summed E-state index contributed by atoms with van der Waals surface area (Å²) in [4.78, 5) is 4.37. The van der Waals surface area contributed by atoms with Crippen LogP contribution in [0.2, 0.25) is 0 Å². The Morgan fingerprint density at radius 1 is 1.67 bits per heavy atom. The maximum Gasteiger partial charge on any atom is 0.119 e. The molecule has 3 nitrogen and oxygen atoms in total. The van der Waals surface area contributed by atoms with E-state index in [1.54, 1.807) is 18.4 Å². The third kappa shape index (κ3) is 2.89. The fourth-order valence-electron chi connectivity index (χ4n) is 0.873. The van der Waals surface area contributed by atoms with Gasteiger partial charge in [0, 0.05) is 19.0 Å². The van der Waals surface area contributed by atoms with E-state index in [0.29, 0.717) is 6.61 Å². The zero-order valence-electron chi connectivity index (χ0n) is 7.46. The van der Waals surface area contributed by atoms with Gasteiger partial charge in [0.25, 0.3) is 0 Å². The molecule has 1 aromatic rings. The van der Waals surface area contributed by atoms with Gasteiger partial charge in [-0.2, -0.15) is 0 Å². The van der Waals surface area contributed by atoms with Crippen molar-refractivity contribution >= 4 is 11.3 Å². The summed E-state index contributed by atoms with van der Waals surface area (Å²) in [7, 11) is 1.69. The first-order valence-corrected chi connectivity index (χ1v) is 4.87. The quantitative estimate of drug-likeness (QED) is 0.754. The lowest BCUT2D eigenvalue weighted by Crippen LogP contribution is -2.11. The van der Waals surface area contributed by atoms with Gasteiger partial charge >= 0.3 is 0 Å². The normalized spacial score (nSPS) is 10.5. The first-order valence-electron chi connectivity index (χ1n) is 3.99. The molecule has 0 amide bonds. The summed E-state index contributed by atoms with van der Waals surface area (Å²) < 4.78 is 4.97. The van der Waals surface area contributed by atoms with E-state index < -0.39 is 0 Å². The lowest BCUT2D eigenvalue weighted by atomic mass is 10.5. The summed E-state index contributed by atoms with van der Waals surface area (Å²) in [6.07, 6.45) is 0. The van der Waals surface area contributed by atoms with Gasteiger partial charge in [-0.15, -0.1) is 11.3 Å². The highest BCUT2D eigenvalue weighted by Crippen LogP contribution is 2.09. The monoisotopic (exact) mass is 186 g/mol. The summed E-state index contributed by atoms with van der Waals surface area (Å²) in [5, 5.41) is 6.34. The molecule has 1 N–H and O–H groups in total. The topological polar surface area (TPSA) is 34.1 Å². The molecule has 0 aliphatic carbocycles. The molecular formula is C8H14N2OS. The van der Waals surface area contributed by atoms with Crippen LogP contribution in [0.25, 0.3) is 0 Å². The first-order chi connectivity index (χ1) is 5.86. The number of thiazole rings is 1. The van der Waals surface area contributed by atoms with Crippen molar-refractivity contribution in [3.63, 3.8) is 0 Å². The Labute approximate surface area is 76.8 Å². The van der Waals surface area contributed by atoms with Crippen LogP contribution in [0.1, 0.15) is 17.6 Å². The minimum absolute atomic E-state index is 0.622. The molecule has 1 heterocycles. The molecule has 0 aliphatic rings. The van der Waals surface area contributed by atoms with E-state index in [-0.39, 0.29) is 0 Å². The summed E-state index contributed by atoms with van der Waals surface area (Å²) >= 11 is 1.65. The van der Waals surface area contributed by atoms with Gasteiger partial charge in [0.05, 0.1) is 12.3 Å². The molecule has 0 aliphatic heterocycles. The molecule has 0 atom stereocenters. The zero-order valence-corrected chi connectivity index (χ0v) is 8.28. The maximum absolute atomic E-state index is 4.97. The second-order valence-electron chi connectivity index (χ2n) is 2.45. The van der Waals surface area contributed by atoms with Gasteiger partial charge in [-0.05, 0) is 6.54 Å². The van der Waals surface area contributed by atoms with Crippen LogP contribution >= 0.6 is 11.3 Å². The highest BCUT2D eigenvalue weighted by molar-refractivity contribution is 7.09. The van der Waals surface area contributed by atoms with Gasteiger partial charge in [0.2, 0.25) is 0 Å². The van der Waals surface area contributed by atoms with Gasteiger partial charge in [-0.3, -0.25) is 0 Å². The van der Waals surface area contributed by atoms with Gasteiger partial charge in [0.1, 0.15) is 5.01 Å². The Balaban J connectivity index is 2.41. The second-order valence-corrected chi connectivity index (χ2v) is 3.39. The lowest BCUT2D eigenvalue weighted by Gasteiger charge is -1.95. The fraction of sp³-hybridized carbons (Fsp3) is 0.625. The largest absolute Gasteiger partial charge is 0.378 e. The van der Waals surface area contributed by atoms with Crippen molar-refractivity contribution in [1.29, 1.82) is 0 Å². The Bertz CT molecular complexity index is 225. The van der Waals surface area contributed by atoms with E-state index in [9.17, 15) is 0 Å². The highest BCUT2D eigenvalue weighted by atomic mass is 32.1. The van der Waals surface area contributed by atoms with Crippen molar-refractivity contribution in [2.24, 2.45) is 0 Å². The van der Waals surface area contributed by atoms with E-state index in [1.165, 1.54) is 0 Å². The van der Waals surface area contributed by atoms with Crippen LogP contribution in [0.4, 0.5) is 0 Å². The van der Waals surface area contributed by atoms with Crippen molar-refractivity contribution in [2.75, 3.05) is 13.7 Å². The standard InChI is InChI=1S/C8H14N2OS/c1-3-9-4-7-6-12-8(10-7)5-11-2/h6,9H,3-5H2,1-2H3. The predicted molar refractivity (Wildman–Crippen MR) is 50.2 cm³/mol. The number of nitrogens with zero attached hydrogens (tertiary/aromatic N) is 1. The average molecular weight is 186 g/mol. The molecule has 0 saturated heterocycles. The molecule has 0 unspecified atom stereocenters. The van der Waals surface area contributed by atoms with Crippen molar-refractivity contribution in [3.8, 4) is 0 Å². The molecule has 1 aromatic heterocycles. The maximum atomic E-state index is 4.97. The second kappa shape index (κ2) is 5.24. The summed E-state index contributed by atoms with van der Waals surface area (Å²) in [6, 6.07) is 0. The van der Waals surface area contributed by atoms with Crippen LogP contribution in [0.15, 0.2) is 5.38 Å². The van der Waals surface area contributed by atoms with E-state index >= 15 is 0 Å². The van der Waals surface area contributed by atoms with Crippen LogP contribution in [0, 0.1) is 0 Å². The zero-order chi connectivity index (χ0) is 8.81. The van der Waals surface area contributed by atoms with Crippen LogP contribution < -0.4 is 5.32 Å². The molecule has 1 rings (SSSR count). The van der Waals surface area contributed by atoms with Gasteiger partial charge in [-0.25, -0.2) is 4.98 Å². The van der Waals surface area contributed by atoms with Gasteiger partial charge in [0.15, 0.2) is 0 Å². The SMILES string of the molecule is CCNCc1csc(COC)n1. The number of hydrogen-bond acceptors (Lipinski definition) is 4. The third-order valence-corrected chi connectivity index (χ3v) is 2.29. The lowest BCUT2D eigenvalue weighted by molar-refractivity contribution is 0.184. The molecule has 0 spiro atoms.